The molecule has 0 saturated carbocycles. The van der Waals surface area contributed by atoms with Crippen LogP contribution in [0.4, 0.5) is 0 Å². The van der Waals surface area contributed by atoms with E-state index in [0.717, 1.165) is 24.8 Å². The average Bonchev–Trinajstić information content (AvgIpc) is 2.24. The van der Waals surface area contributed by atoms with E-state index in [1.54, 1.807) is 0 Å². The van der Waals surface area contributed by atoms with E-state index in [9.17, 15) is 0 Å². The van der Waals surface area contributed by atoms with Crippen molar-refractivity contribution in [2.24, 2.45) is 5.92 Å². The largest absolute Gasteiger partial charge is 0.316 e. The summed E-state index contributed by atoms with van der Waals surface area (Å²) in [4.78, 5) is 1.37. The summed E-state index contributed by atoms with van der Waals surface area (Å²) >= 11 is 1.90. The molecule has 3 heteroatoms. The van der Waals surface area contributed by atoms with Crippen LogP contribution in [0.1, 0.15) is 12.5 Å². The Morgan fingerprint density at radius 1 is 1.31 bits per heavy atom. The molecule has 16 heavy (non-hydrogen) atoms. The maximum absolute atomic E-state index is 3.51. The van der Waals surface area contributed by atoms with E-state index in [4.69, 9.17) is 0 Å². The zero-order chi connectivity index (χ0) is 11.2. The second-order valence-corrected chi connectivity index (χ2v) is 5.57. The molecule has 1 aliphatic heterocycles. The molecule has 1 saturated heterocycles. The van der Waals surface area contributed by atoms with Gasteiger partial charge in [0, 0.05) is 31.1 Å². The van der Waals surface area contributed by atoms with Gasteiger partial charge in [-0.3, -0.25) is 0 Å². The summed E-state index contributed by atoms with van der Waals surface area (Å²) in [6.45, 7) is 6.68. The monoisotopic (exact) mass is 236 g/mol. The maximum Gasteiger partial charge on any atom is 0.0205 e. The van der Waals surface area contributed by atoms with Crippen LogP contribution in [-0.2, 0) is 6.54 Å². The highest BCUT2D eigenvalue weighted by Gasteiger charge is 2.15. The Labute approximate surface area is 102 Å². The number of rotatable bonds is 6. The van der Waals surface area contributed by atoms with Crippen LogP contribution in [0, 0.1) is 5.92 Å². The topological polar surface area (TPSA) is 24.1 Å². The molecule has 1 aliphatic rings. The molecule has 1 fully saturated rings. The minimum atomic E-state index is 0.843. The lowest BCUT2D eigenvalue weighted by molar-refractivity contribution is 0.331. The highest BCUT2D eigenvalue weighted by molar-refractivity contribution is 7.99. The van der Waals surface area contributed by atoms with Gasteiger partial charge in [-0.2, -0.15) is 0 Å². The summed E-state index contributed by atoms with van der Waals surface area (Å²) in [6.07, 6.45) is 0. The highest BCUT2D eigenvalue weighted by atomic mass is 32.2. The molecule has 0 spiro atoms. The second kappa shape index (κ2) is 6.28. The van der Waals surface area contributed by atoms with Crippen LogP contribution >= 0.6 is 11.8 Å². The normalized spacial score (nSPS) is 16.1. The minimum Gasteiger partial charge on any atom is -0.316 e. The van der Waals surface area contributed by atoms with E-state index < -0.39 is 0 Å². The van der Waals surface area contributed by atoms with Crippen molar-refractivity contribution in [3.63, 3.8) is 0 Å². The summed E-state index contributed by atoms with van der Waals surface area (Å²) in [5.41, 5.74) is 1.38. The van der Waals surface area contributed by atoms with Gasteiger partial charge in [0.05, 0.1) is 0 Å². The van der Waals surface area contributed by atoms with E-state index in [1.165, 1.54) is 23.5 Å². The van der Waals surface area contributed by atoms with Gasteiger partial charge in [-0.05, 0) is 29.4 Å². The van der Waals surface area contributed by atoms with Crippen molar-refractivity contribution in [1.29, 1.82) is 0 Å². The van der Waals surface area contributed by atoms with Crippen molar-refractivity contribution in [1.82, 2.24) is 10.6 Å². The number of thioether (sulfide) groups is 1. The summed E-state index contributed by atoms with van der Waals surface area (Å²) in [7, 11) is 0. The van der Waals surface area contributed by atoms with Gasteiger partial charge >= 0.3 is 0 Å². The van der Waals surface area contributed by atoms with Crippen molar-refractivity contribution in [2.75, 3.05) is 25.4 Å². The first kappa shape index (κ1) is 12.0. The number of nitrogens with one attached hydrogen (secondary N) is 2. The third-order valence-electron chi connectivity index (χ3n) is 2.86. The van der Waals surface area contributed by atoms with Crippen LogP contribution < -0.4 is 10.6 Å². The Morgan fingerprint density at radius 3 is 2.62 bits per heavy atom. The Morgan fingerprint density at radius 2 is 2.06 bits per heavy atom. The lowest BCUT2D eigenvalue weighted by Gasteiger charge is -2.27. The molecular formula is C13H20N2S. The Kier molecular flexibility index (Phi) is 4.69. The molecule has 0 atom stereocenters. The van der Waals surface area contributed by atoms with Gasteiger partial charge < -0.3 is 10.6 Å². The minimum absolute atomic E-state index is 0.843. The molecule has 0 aliphatic carbocycles. The second-order valence-electron chi connectivity index (χ2n) is 4.23. The number of hydrogen-bond acceptors (Lipinski definition) is 3. The predicted molar refractivity (Wildman–Crippen MR) is 70.9 cm³/mol. The van der Waals surface area contributed by atoms with Crippen LogP contribution in [0.5, 0.6) is 0 Å². The lowest BCUT2D eigenvalue weighted by atomic mass is 10.0. The first-order valence-electron chi connectivity index (χ1n) is 6.01. The van der Waals surface area contributed by atoms with E-state index >= 15 is 0 Å². The van der Waals surface area contributed by atoms with E-state index in [2.05, 4.69) is 41.8 Å². The zero-order valence-electron chi connectivity index (χ0n) is 9.83. The van der Waals surface area contributed by atoms with Crippen molar-refractivity contribution < 1.29 is 0 Å². The highest BCUT2D eigenvalue weighted by Crippen LogP contribution is 2.17. The molecule has 1 aromatic carbocycles. The first-order valence-corrected chi connectivity index (χ1v) is 7.00. The van der Waals surface area contributed by atoms with Crippen LogP contribution in [-0.4, -0.2) is 25.4 Å². The summed E-state index contributed by atoms with van der Waals surface area (Å²) in [5, 5.41) is 6.80. The first-order chi connectivity index (χ1) is 7.88. The van der Waals surface area contributed by atoms with E-state index in [-0.39, 0.29) is 0 Å². The molecule has 1 heterocycles. The zero-order valence-corrected chi connectivity index (χ0v) is 10.6. The fraction of sp³-hybridized carbons (Fsp3) is 0.538. The molecule has 2 nitrogen and oxygen atoms in total. The van der Waals surface area contributed by atoms with Gasteiger partial charge in [0.1, 0.15) is 0 Å². The SMILES string of the molecule is CCSc1ccc(CNCC2CNC2)cc1. The summed E-state index contributed by atoms with van der Waals surface area (Å²) in [6, 6.07) is 8.89. The van der Waals surface area contributed by atoms with Gasteiger partial charge in [-0.1, -0.05) is 19.1 Å². The predicted octanol–water partition coefficient (Wildman–Crippen LogP) is 2.11. The molecule has 2 rings (SSSR count). The molecule has 2 N–H and O–H groups in total. The van der Waals surface area contributed by atoms with E-state index in [0.29, 0.717) is 0 Å². The summed E-state index contributed by atoms with van der Waals surface area (Å²) < 4.78 is 0. The lowest BCUT2D eigenvalue weighted by Crippen LogP contribution is -2.47. The van der Waals surface area contributed by atoms with Crippen LogP contribution in [0.2, 0.25) is 0 Å². The van der Waals surface area contributed by atoms with Crippen LogP contribution in [0.3, 0.4) is 0 Å². The van der Waals surface area contributed by atoms with Gasteiger partial charge in [0.2, 0.25) is 0 Å². The molecule has 0 unspecified atom stereocenters. The van der Waals surface area contributed by atoms with Crippen LogP contribution in [0.15, 0.2) is 29.2 Å². The fourth-order valence-electron chi connectivity index (χ4n) is 1.78. The molecule has 88 valence electrons. The molecule has 1 aromatic rings. The maximum atomic E-state index is 3.51. The molecule has 0 radical (unpaired) electrons. The molecule has 0 bridgehead atoms. The van der Waals surface area contributed by atoms with Gasteiger partial charge in [0.25, 0.3) is 0 Å². The van der Waals surface area contributed by atoms with Gasteiger partial charge in [-0.15, -0.1) is 11.8 Å². The number of hydrogen-bond donors (Lipinski definition) is 2. The van der Waals surface area contributed by atoms with Crippen molar-refractivity contribution >= 4 is 11.8 Å². The Hall–Kier alpha value is -0.510. The Bertz CT molecular complexity index is 306. The molecule has 0 amide bonds. The van der Waals surface area contributed by atoms with Crippen molar-refractivity contribution in [2.45, 2.75) is 18.4 Å². The fourth-order valence-corrected chi connectivity index (χ4v) is 2.45. The quantitative estimate of drug-likeness (QED) is 0.740. The van der Waals surface area contributed by atoms with E-state index in [1.807, 2.05) is 11.8 Å². The third kappa shape index (κ3) is 3.51. The van der Waals surface area contributed by atoms with Crippen LogP contribution in [0.25, 0.3) is 0 Å². The molecular weight excluding hydrogens is 216 g/mol. The summed E-state index contributed by atoms with van der Waals surface area (Å²) in [5.74, 6) is 1.99. The van der Waals surface area contributed by atoms with Crippen molar-refractivity contribution in [3.8, 4) is 0 Å². The van der Waals surface area contributed by atoms with Gasteiger partial charge in [-0.25, -0.2) is 0 Å². The number of benzene rings is 1. The third-order valence-corrected chi connectivity index (χ3v) is 3.76. The Balaban J connectivity index is 1.71. The average molecular weight is 236 g/mol. The van der Waals surface area contributed by atoms with Gasteiger partial charge in [0.15, 0.2) is 0 Å². The van der Waals surface area contributed by atoms with Crippen molar-refractivity contribution in [3.05, 3.63) is 29.8 Å². The smallest absolute Gasteiger partial charge is 0.0205 e. The molecule has 0 aromatic heterocycles. The standard InChI is InChI=1S/C13H20N2S/c1-2-16-13-5-3-11(4-6-13)7-14-8-12-9-15-10-12/h3-6,12,14-15H,2,7-10H2,1H3.